The van der Waals surface area contributed by atoms with Gasteiger partial charge in [0.1, 0.15) is 0 Å². The molecule has 0 unspecified atom stereocenters. The summed E-state index contributed by atoms with van der Waals surface area (Å²) in [5.74, 6) is -0.0112. The number of carbonyl (C=O) groups is 1. The third-order valence-corrected chi connectivity index (χ3v) is 4.04. The number of nitrogens with zero attached hydrogens (tertiary/aromatic N) is 3. The molecule has 0 spiro atoms. The van der Waals surface area contributed by atoms with Crippen LogP contribution in [0.15, 0.2) is 36.7 Å². The molecule has 116 valence electrons. The summed E-state index contributed by atoms with van der Waals surface area (Å²) in [5, 5.41) is 4.94. The molecular weight excluding hydrogens is 302 g/mol. The standard InChI is InChI=1S/C16H18ClN3O2/c1-11-10-22-12(2)8-19(11)16(21)13-7-18-20(9-13)15-5-3-14(17)4-6-15/h3-7,9,11-12H,8,10H2,1-2H3/t11-,12+/m1/s1. The highest BCUT2D eigenvalue weighted by Gasteiger charge is 2.28. The summed E-state index contributed by atoms with van der Waals surface area (Å²) in [6, 6.07) is 7.39. The van der Waals surface area contributed by atoms with Crippen LogP contribution in [0.1, 0.15) is 24.2 Å². The van der Waals surface area contributed by atoms with E-state index in [-0.39, 0.29) is 18.1 Å². The van der Waals surface area contributed by atoms with E-state index in [0.717, 1.165) is 5.69 Å². The van der Waals surface area contributed by atoms with Crippen LogP contribution >= 0.6 is 11.6 Å². The highest BCUT2D eigenvalue weighted by Crippen LogP contribution is 2.17. The van der Waals surface area contributed by atoms with Gasteiger partial charge in [0.15, 0.2) is 0 Å². The van der Waals surface area contributed by atoms with Crippen molar-refractivity contribution >= 4 is 17.5 Å². The third-order valence-electron chi connectivity index (χ3n) is 3.79. The Morgan fingerprint density at radius 3 is 2.77 bits per heavy atom. The Labute approximate surface area is 134 Å². The lowest BCUT2D eigenvalue weighted by atomic mass is 10.1. The van der Waals surface area contributed by atoms with Crippen molar-refractivity contribution in [3.8, 4) is 5.69 Å². The Hall–Kier alpha value is -1.85. The number of hydrogen-bond acceptors (Lipinski definition) is 3. The number of ether oxygens (including phenoxy) is 1. The second kappa shape index (κ2) is 6.10. The zero-order valence-electron chi connectivity index (χ0n) is 12.6. The predicted molar refractivity (Wildman–Crippen MR) is 84.5 cm³/mol. The SMILES string of the molecule is C[C@@H]1CO[C@@H](C)CN1C(=O)c1cnn(-c2ccc(Cl)cc2)c1. The van der Waals surface area contributed by atoms with E-state index in [1.165, 1.54) is 0 Å². The fraction of sp³-hybridized carbons (Fsp3) is 0.375. The van der Waals surface area contributed by atoms with E-state index < -0.39 is 0 Å². The first kappa shape index (κ1) is 15.1. The van der Waals surface area contributed by atoms with Gasteiger partial charge in [-0.25, -0.2) is 4.68 Å². The molecule has 6 heteroatoms. The number of morpholine rings is 1. The number of carbonyl (C=O) groups excluding carboxylic acids is 1. The Morgan fingerprint density at radius 1 is 1.32 bits per heavy atom. The molecule has 1 aliphatic rings. The average Bonchev–Trinajstić information content (AvgIpc) is 2.99. The molecular formula is C16H18ClN3O2. The van der Waals surface area contributed by atoms with Crippen molar-refractivity contribution in [3.05, 3.63) is 47.2 Å². The number of hydrogen-bond donors (Lipinski definition) is 0. The summed E-state index contributed by atoms with van der Waals surface area (Å²) in [7, 11) is 0. The van der Waals surface area contributed by atoms with Crippen LogP contribution in [0.2, 0.25) is 5.02 Å². The first-order valence-electron chi connectivity index (χ1n) is 7.28. The van der Waals surface area contributed by atoms with Crippen LogP contribution in [0, 0.1) is 0 Å². The number of halogens is 1. The van der Waals surface area contributed by atoms with Gasteiger partial charge in [-0.05, 0) is 38.1 Å². The Kier molecular flexibility index (Phi) is 4.18. The fourth-order valence-corrected chi connectivity index (χ4v) is 2.65. The summed E-state index contributed by atoms with van der Waals surface area (Å²) in [5.41, 5.74) is 1.45. The second-order valence-electron chi connectivity index (χ2n) is 5.60. The summed E-state index contributed by atoms with van der Waals surface area (Å²) < 4.78 is 7.24. The first-order chi connectivity index (χ1) is 10.5. The van der Waals surface area contributed by atoms with Crippen LogP contribution < -0.4 is 0 Å². The number of amides is 1. The number of benzene rings is 1. The summed E-state index contributed by atoms with van der Waals surface area (Å²) in [6.45, 7) is 5.14. The van der Waals surface area contributed by atoms with Crippen LogP contribution in [-0.2, 0) is 4.74 Å². The monoisotopic (exact) mass is 319 g/mol. The van der Waals surface area contributed by atoms with Crippen molar-refractivity contribution < 1.29 is 9.53 Å². The molecule has 1 aromatic heterocycles. The molecule has 2 heterocycles. The van der Waals surface area contributed by atoms with Crippen molar-refractivity contribution in [1.29, 1.82) is 0 Å². The van der Waals surface area contributed by atoms with Gasteiger partial charge < -0.3 is 9.64 Å². The second-order valence-corrected chi connectivity index (χ2v) is 6.04. The van der Waals surface area contributed by atoms with Crippen LogP contribution in [0.3, 0.4) is 0 Å². The Balaban J connectivity index is 1.81. The Morgan fingerprint density at radius 2 is 2.05 bits per heavy atom. The zero-order valence-corrected chi connectivity index (χ0v) is 13.3. The molecule has 5 nitrogen and oxygen atoms in total. The van der Waals surface area contributed by atoms with Crippen molar-refractivity contribution in [1.82, 2.24) is 14.7 Å². The first-order valence-corrected chi connectivity index (χ1v) is 7.65. The fourth-order valence-electron chi connectivity index (χ4n) is 2.52. The van der Waals surface area contributed by atoms with Gasteiger partial charge >= 0.3 is 0 Å². The third kappa shape index (κ3) is 3.00. The zero-order chi connectivity index (χ0) is 15.7. The van der Waals surface area contributed by atoms with E-state index in [1.54, 1.807) is 29.2 Å². The molecule has 1 aliphatic heterocycles. The largest absolute Gasteiger partial charge is 0.375 e. The Bertz CT molecular complexity index is 668. The van der Waals surface area contributed by atoms with Gasteiger partial charge in [0.2, 0.25) is 0 Å². The smallest absolute Gasteiger partial charge is 0.257 e. The lowest BCUT2D eigenvalue weighted by Gasteiger charge is -2.36. The van der Waals surface area contributed by atoms with Gasteiger partial charge in [-0.3, -0.25) is 4.79 Å². The lowest BCUT2D eigenvalue weighted by Crippen LogP contribution is -2.50. The molecule has 0 bridgehead atoms. The summed E-state index contributed by atoms with van der Waals surface area (Å²) >= 11 is 5.88. The maximum Gasteiger partial charge on any atom is 0.257 e. The molecule has 0 radical (unpaired) electrons. The average molecular weight is 320 g/mol. The van der Waals surface area contributed by atoms with Crippen molar-refractivity contribution in [3.63, 3.8) is 0 Å². The molecule has 0 aliphatic carbocycles. The highest BCUT2D eigenvalue weighted by atomic mass is 35.5. The van der Waals surface area contributed by atoms with Gasteiger partial charge in [0.05, 0.1) is 36.2 Å². The normalized spacial score (nSPS) is 21.9. The van der Waals surface area contributed by atoms with Gasteiger partial charge in [0, 0.05) is 17.8 Å². The molecule has 1 amide bonds. The van der Waals surface area contributed by atoms with E-state index in [9.17, 15) is 4.79 Å². The molecule has 3 rings (SSSR count). The van der Waals surface area contributed by atoms with E-state index in [1.807, 2.05) is 30.9 Å². The van der Waals surface area contributed by atoms with Crippen LogP contribution in [0.5, 0.6) is 0 Å². The minimum absolute atomic E-state index is 0.0112. The minimum atomic E-state index is -0.0112. The van der Waals surface area contributed by atoms with Gasteiger partial charge in [0.25, 0.3) is 5.91 Å². The summed E-state index contributed by atoms with van der Waals surface area (Å²) in [4.78, 5) is 14.5. The van der Waals surface area contributed by atoms with Crippen molar-refractivity contribution in [2.75, 3.05) is 13.2 Å². The van der Waals surface area contributed by atoms with Crippen LogP contribution in [0.25, 0.3) is 5.69 Å². The van der Waals surface area contributed by atoms with Gasteiger partial charge in [-0.2, -0.15) is 5.10 Å². The van der Waals surface area contributed by atoms with Crippen molar-refractivity contribution in [2.24, 2.45) is 0 Å². The van der Waals surface area contributed by atoms with Gasteiger partial charge in [-0.1, -0.05) is 11.6 Å². The minimum Gasteiger partial charge on any atom is -0.375 e. The van der Waals surface area contributed by atoms with Crippen molar-refractivity contribution in [2.45, 2.75) is 26.0 Å². The van der Waals surface area contributed by atoms with Gasteiger partial charge in [-0.15, -0.1) is 0 Å². The molecule has 2 atom stereocenters. The molecule has 2 aromatic rings. The summed E-state index contributed by atoms with van der Waals surface area (Å²) in [6.07, 6.45) is 3.41. The van der Waals surface area contributed by atoms with Crippen LogP contribution in [-0.4, -0.2) is 45.9 Å². The van der Waals surface area contributed by atoms with E-state index in [4.69, 9.17) is 16.3 Å². The molecule has 1 aromatic carbocycles. The number of rotatable bonds is 2. The molecule has 1 fully saturated rings. The maximum atomic E-state index is 12.7. The number of aromatic nitrogens is 2. The lowest BCUT2D eigenvalue weighted by molar-refractivity contribution is -0.0387. The van der Waals surface area contributed by atoms with E-state index >= 15 is 0 Å². The van der Waals surface area contributed by atoms with E-state index in [0.29, 0.717) is 23.7 Å². The van der Waals surface area contributed by atoms with E-state index in [2.05, 4.69) is 5.10 Å². The maximum absolute atomic E-state index is 12.7. The predicted octanol–water partition coefficient (Wildman–Crippen LogP) is 2.78. The molecule has 22 heavy (non-hydrogen) atoms. The molecule has 1 saturated heterocycles. The molecule has 0 saturated carbocycles. The highest BCUT2D eigenvalue weighted by molar-refractivity contribution is 6.30. The van der Waals surface area contributed by atoms with Crippen LogP contribution in [0.4, 0.5) is 0 Å². The molecule has 0 N–H and O–H groups in total. The quantitative estimate of drug-likeness (QED) is 0.855. The topological polar surface area (TPSA) is 47.4 Å².